The fourth-order valence-corrected chi connectivity index (χ4v) is 2.82. The first-order valence-corrected chi connectivity index (χ1v) is 6.95. The van der Waals surface area contributed by atoms with Gasteiger partial charge in [0.15, 0.2) is 0 Å². The van der Waals surface area contributed by atoms with E-state index in [1.165, 1.54) is 18.4 Å². The molecular weight excluding hydrogens is 276 g/mol. The molecule has 104 valence electrons. The Balaban J connectivity index is 2.61. The summed E-state index contributed by atoms with van der Waals surface area (Å²) in [5.41, 5.74) is 5.89. The third-order valence-electron chi connectivity index (χ3n) is 3.10. The maximum Gasteiger partial charge on any atom is 0.315 e. The van der Waals surface area contributed by atoms with Gasteiger partial charge in [0.1, 0.15) is 5.69 Å². The molecular formula is C14H14N2O3S. The summed E-state index contributed by atoms with van der Waals surface area (Å²) < 4.78 is 0.843. The summed E-state index contributed by atoms with van der Waals surface area (Å²) in [5, 5.41) is 2.12. The Labute approximate surface area is 119 Å². The van der Waals surface area contributed by atoms with Gasteiger partial charge in [-0.3, -0.25) is 14.4 Å². The lowest BCUT2D eigenvalue weighted by atomic mass is 10.1. The van der Waals surface area contributed by atoms with Crippen LogP contribution in [0.3, 0.4) is 0 Å². The third kappa shape index (κ3) is 2.42. The smallest absolute Gasteiger partial charge is 0.315 e. The summed E-state index contributed by atoms with van der Waals surface area (Å²) >= 11 is 1.35. The standard InChI is InChI=1S/C14H14N2O3S/c1-3-8-4-5-11-9(6-8)12(17)10(7-20-11)16(2)14(19)13(15)18/h4-7H,3H2,1-2H3,(H2,15,18). The molecule has 1 aromatic carbocycles. The number of likely N-dealkylation sites (N-methyl/N-ethyl adjacent to an activating group) is 1. The molecule has 2 N–H and O–H groups in total. The number of aryl methyl sites for hydroxylation is 1. The number of carbonyl (C=O) groups is 2. The minimum atomic E-state index is -1.08. The molecule has 20 heavy (non-hydrogen) atoms. The summed E-state index contributed by atoms with van der Waals surface area (Å²) in [6.07, 6.45) is 0.820. The highest BCUT2D eigenvalue weighted by Gasteiger charge is 2.20. The number of carbonyl (C=O) groups excluding carboxylic acids is 2. The summed E-state index contributed by atoms with van der Waals surface area (Å²) in [6, 6.07) is 5.68. The van der Waals surface area contributed by atoms with E-state index in [-0.39, 0.29) is 11.1 Å². The molecule has 6 heteroatoms. The number of primary amides is 1. The lowest BCUT2D eigenvalue weighted by molar-refractivity contribution is -0.135. The van der Waals surface area contributed by atoms with Gasteiger partial charge in [-0.25, -0.2) is 0 Å². The highest BCUT2D eigenvalue weighted by atomic mass is 32.1. The van der Waals surface area contributed by atoms with Crippen molar-refractivity contribution in [2.75, 3.05) is 11.9 Å². The SMILES string of the molecule is CCc1ccc2scc(N(C)C(=O)C(N)=O)c(=O)c2c1. The van der Waals surface area contributed by atoms with Crippen molar-refractivity contribution in [1.29, 1.82) is 0 Å². The minimum Gasteiger partial charge on any atom is -0.361 e. The van der Waals surface area contributed by atoms with E-state index in [1.54, 1.807) is 5.38 Å². The molecule has 0 aliphatic heterocycles. The highest BCUT2D eigenvalue weighted by molar-refractivity contribution is 7.16. The van der Waals surface area contributed by atoms with Crippen LogP contribution in [0.25, 0.3) is 10.1 Å². The van der Waals surface area contributed by atoms with Crippen LogP contribution in [-0.4, -0.2) is 18.9 Å². The number of anilines is 1. The maximum atomic E-state index is 12.4. The Hall–Kier alpha value is -2.21. The zero-order chi connectivity index (χ0) is 14.9. The zero-order valence-electron chi connectivity index (χ0n) is 11.2. The molecule has 1 aromatic heterocycles. The van der Waals surface area contributed by atoms with Gasteiger partial charge in [0.25, 0.3) is 0 Å². The van der Waals surface area contributed by atoms with Gasteiger partial charge in [-0.1, -0.05) is 13.0 Å². The number of amides is 2. The molecule has 0 aliphatic rings. The van der Waals surface area contributed by atoms with Crippen LogP contribution in [0.5, 0.6) is 0 Å². The quantitative estimate of drug-likeness (QED) is 0.846. The summed E-state index contributed by atoms with van der Waals surface area (Å²) in [4.78, 5) is 35.9. The Bertz CT molecular complexity index is 752. The Morgan fingerprint density at radius 2 is 2.05 bits per heavy atom. The highest BCUT2D eigenvalue weighted by Crippen LogP contribution is 2.22. The van der Waals surface area contributed by atoms with Crippen molar-refractivity contribution in [1.82, 2.24) is 0 Å². The number of nitrogens with zero attached hydrogens (tertiary/aromatic N) is 1. The van der Waals surface area contributed by atoms with E-state index in [0.717, 1.165) is 21.6 Å². The normalized spacial score (nSPS) is 10.5. The van der Waals surface area contributed by atoms with E-state index in [4.69, 9.17) is 5.73 Å². The lowest BCUT2D eigenvalue weighted by Gasteiger charge is -2.14. The molecule has 0 spiro atoms. The van der Waals surface area contributed by atoms with Crippen LogP contribution in [0.15, 0.2) is 28.4 Å². The number of nitrogens with two attached hydrogens (primary N) is 1. The van der Waals surface area contributed by atoms with E-state index in [1.807, 2.05) is 25.1 Å². The van der Waals surface area contributed by atoms with Gasteiger partial charge in [-0.15, -0.1) is 11.3 Å². The van der Waals surface area contributed by atoms with E-state index in [9.17, 15) is 14.4 Å². The summed E-state index contributed by atoms with van der Waals surface area (Å²) in [5.74, 6) is -1.99. The van der Waals surface area contributed by atoms with Crippen molar-refractivity contribution in [2.45, 2.75) is 13.3 Å². The molecule has 0 unspecified atom stereocenters. The average Bonchev–Trinajstić information content (AvgIpc) is 2.45. The molecule has 2 rings (SSSR count). The Kier molecular flexibility index (Phi) is 3.85. The molecule has 0 aliphatic carbocycles. The fraction of sp³-hybridized carbons (Fsp3) is 0.214. The Morgan fingerprint density at radius 3 is 2.65 bits per heavy atom. The number of hydrogen-bond donors (Lipinski definition) is 1. The Morgan fingerprint density at radius 1 is 1.35 bits per heavy atom. The van der Waals surface area contributed by atoms with E-state index >= 15 is 0 Å². The fourth-order valence-electron chi connectivity index (χ4n) is 1.89. The molecule has 0 atom stereocenters. The van der Waals surface area contributed by atoms with Crippen molar-refractivity contribution in [2.24, 2.45) is 5.73 Å². The molecule has 0 radical (unpaired) electrons. The molecule has 0 bridgehead atoms. The third-order valence-corrected chi connectivity index (χ3v) is 4.05. The first-order valence-electron chi connectivity index (χ1n) is 6.07. The van der Waals surface area contributed by atoms with Gasteiger partial charge < -0.3 is 10.6 Å². The largest absolute Gasteiger partial charge is 0.361 e. The van der Waals surface area contributed by atoms with Crippen molar-refractivity contribution in [3.05, 3.63) is 39.4 Å². The molecule has 1 heterocycles. The van der Waals surface area contributed by atoms with Gasteiger partial charge in [-0.05, 0) is 24.1 Å². The van der Waals surface area contributed by atoms with Crippen molar-refractivity contribution in [3.8, 4) is 0 Å². The molecule has 0 fully saturated rings. The van der Waals surface area contributed by atoms with Gasteiger partial charge in [0.05, 0.1) is 0 Å². The van der Waals surface area contributed by atoms with Crippen LogP contribution in [0.2, 0.25) is 0 Å². The van der Waals surface area contributed by atoms with Gasteiger partial charge in [0.2, 0.25) is 5.43 Å². The van der Waals surface area contributed by atoms with E-state index in [0.29, 0.717) is 5.39 Å². The van der Waals surface area contributed by atoms with Crippen LogP contribution in [0, 0.1) is 0 Å². The molecule has 5 nitrogen and oxygen atoms in total. The number of fused-ring (bicyclic) bond motifs is 1. The van der Waals surface area contributed by atoms with Gasteiger partial charge in [0, 0.05) is 22.5 Å². The van der Waals surface area contributed by atoms with Crippen molar-refractivity contribution < 1.29 is 9.59 Å². The summed E-state index contributed by atoms with van der Waals surface area (Å²) in [7, 11) is 1.37. The van der Waals surface area contributed by atoms with Crippen LogP contribution in [0.4, 0.5) is 5.69 Å². The summed E-state index contributed by atoms with van der Waals surface area (Å²) in [6.45, 7) is 2.00. The maximum absolute atomic E-state index is 12.4. The van der Waals surface area contributed by atoms with Crippen LogP contribution < -0.4 is 16.1 Å². The lowest BCUT2D eigenvalue weighted by Crippen LogP contribution is -2.39. The monoisotopic (exact) mass is 290 g/mol. The predicted molar refractivity (Wildman–Crippen MR) is 80.1 cm³/mol. The zero-order valence-corrected chi connectivity index (χ0v) is 12.0. The predicted octanol–water partition coefficient (Wildman–Crippen LogP) is 1.27. The van der Waals surface area contributed by atoms with Crippen LogP contribution >= 0.6 is 11.3 Å². The second kappa shape index (κ2) is 5.42. The van der Waals surface area contributed by atoms with Crippen LogP contribution in [0.1, 0.15) is 12.5 Å². The number of hydrogen-bond acceptors (Lipinski definition) is 4. The molecule has 0 saturated heterocycles. The van der Waals surface area contributed by atoms with E-state index in [2.05, 4.69) is 0 Å². The van der Waals surface area contributed by atoms with Gasteiger partial charge in [-0.2, -0.15) is 0 Å². The van der Waals surface area contributed by atoms with Gasteiger partial charge >= 0.3 is 11.8 Å². The van der Waals surface area contributed by atoms with Crippen LogP contribution in [-0.2, 0) is 16.0 Å². The minimum absolute atomic E-state index is 0.166. The molecule has 2 aromatic rings. The topological polar surface area (TPSA) is 80.5 Å². The van der Waals surface area contributed by atoms with E-state index < -0.39 is 11.8 Å². The average molecular weight is 290 g/mol. The van der Waals surface area contributed by atoms with Crippen molar-refractivity contribution >= 4 is 38.9 Å². The number of benzene rings is 1. The molecule has 0 saturated carbocycles. The second-order valence-corrected chi connectivity index (χ2v) is 5.27. The molecule has 2 amide bonds. The van der Waals surface area contributed by atoms with Crippen molar-refractivity contribution in [3.63, 3.8) is 0 Å². The first-order chi connectivity index (χ1) is 9.45. The number of rotatable bonds is 2. The second-order valence-electron chi connectivity index (χ2n) is 4.36. The first kappa shape index (κ1) is 14.2.